The smallest absolute Gasteiger partial charge is 0.352 e. The molecule has 29 heavy (non-hydrogen) atoms. The van der Waals surface area contributed by atoms with E-state index in [2.05, 4.69) is 15.4 Å². The van der Waals surface area contributed by atoms with Gasteiger partial charge in [-0.1, -0.05) is 51.5 Å². The number of fused-ring (bicyclic) bond motifs is 1. The number of halogens is 3. The summed E-state index contributed by atoms with van der Waals surface area (Å²) in [6.07, 6.45) is -1.85. The van der Waals surface area contributed by atoms with Crippen LogP contribution in [0.4, 0.5) is 13.2 Å². The average Bonchev–Trinajstić information content (AvgIpc) is 3.10. The molecule has 3 rings (SSSR count). The fourth-order valence-corrected chi connectivity index (χ4v) is 2.99. The van der Waals surface area contributed by atoms with Gasteiger partial charge >= 0.3 is 6.18 Å². The van der Waals surface area contributed by atoms with Gasteiger partial charge in [0.2, 0.25) is 0 Å². The van der Waals surface area contributed by atoms with E-state index in [0.717, 1.165) is 30.7 Å². The minimum atomic E-state index is -4.64. The van der Waals surface area contributed by atoms with Crippen molar-refractivity contribution in [2.75, 3.05) is 6.54 Å². The monoisotopic (exact) mass is 404 g/mol. The van der Waals surface area contributed by atoms with E-state index in [4.69, 9.17) is 0 Å². The SMILES string of the molecule is CCCCNC(=O)c1cnn2c(C(F)(F)F)cc(-c3ccc(C(C)C)cc3)nc12. The van der Waals surface area contributed by atoms with E-state index in [1.807, 2.05) is 32.9 Å². The van der Waals surface area contributed by atoms with Crippen LogP contribution in [-0.4, -0.2) is 27.0 Å². The van der Waals surface area contributed by atoms with Crippen LogP contribution in [0.25, 0.3) is 16.9 Å². The molecule has 0 aliphatic heterocycles. The number of carbonyl (C=O) groups excluding carboxylic acids is 1. The Balaban J connectivity index is 2.11. The summed E-state index contributed by atoms with van der Waals surface area (Å²) in [6, 6.07) is 8.18. The highest BCUT2D eigenvalue weighted by Gasteiger charge is 2.36. The number of hydrogen-bond donors (Lipinski definition) is 1. The van der Waals surface area contributed by atoms with E-state index >= 15 is 0 Å². The Bertz CT molecular complexity index is 1010. The summed E-state index contributed by atoms with van der Waals surface area (Å²) in [4.78, 5) is 16.8. The zero-order valence-corrected chi connectivity index (χ0v) is 16.5. The van der Waals surface area contributed by atoms with Gasteiger partial charge in [0.25, 0.3) is 5.91 Å². The Labute approximate surface area is 167 Å². The topological polar surface area (TPSA) is 59.3 Å². The zero-order valence-electron chi connectivity index (χ0n) is 16.5. The maximum atomic E-state index is 13.7. The van der Waals surface area contributed by atoms with Crippen LogP contribution in [0.1, 0.15) is 61.1 Å². The van der Waals surface area contributed by atoms with Gasteiger partial charge < -0.3 is 5.32 Å². The second-order valence-corrected chi connectivity index (χ2v) is 7.20. The van der Waals surface area contributed by atoms with Crippen molar-refractivity contribution in [2.45, 2.75) is 45.7 Å². The third-order valence-corrected chi connectivity index (χ3v) is 4.70. The van der Waals surface area contributed by atoms with E-state index in [0.29, 0.717) is 22.5 Å². The molecule has 2 heterocycles. The zero-order chi connectivity index (χ0) is 21.2. The highest BCUT2D eigenvalue weighted by molar-refractivity contribution is 5.99. The lowest BCUT2D eigenvalue weighted by atomic mass is 10.0. The molecule has 0 atom stereocenters. The van der Waals surface area contributed by atoms with E-state index < -0.39 is 17.8 Å². The third kappa shape index (κ3) is 4.41. The van der Waals surface area contributed by atoms with Crippen molar-refractivity contribution in [2.24, 2.45) is 0 Å². The van der Waals surface area contributed by atoms with Crippen molar-refractivity contribution in [3.05, 3.63) is 53.3 Å². The molecule has 3 aromatic rings. The summed E-state index contributed by atoms with van der Waals surface area (Å²) in [5.41, 5.74) is 0.692. The Morgan fingerprint density at radius 1 is 1.21 bits per heavy atom. The number of rotatable bonds is 6. The molecule has 0 saturated carbocycles. The van der Waals surface area contributed by atoms with Crippen molar-refractivity contribution >= 4 is 11.6 Å². The summed E-state index contributed by atoms with van der Waals surface area (Å²) in [7, 11) is 0. The fourth-order valence-electron chi connectivity index (χ4n) is 2.99. The molecule has 0 bridgehead atoms. The Morgan fingerprint density at radius 2 is 1.90 bits per heavy atom. The molecule has 0 unspecified atom stereocenters. The highest BCUT2D eigenvalue weighted by atomic mass is 19.4. The Morgan fingerprint density at radius 3 is 2.48 bits per heavy atom. The third-order valence-electron chi connectivity index (χ3n) is 4.70. The van der Waals surface area contributed by atoms with Gasteiger partial charge in [0.05, 0.1) is 11.9 Å². The Hall–Kier alpha value is -2.90. The van der Waals surface area contributed by atoms with Crippen molar-refractivity contribution in [1.82, 2.24) is 19.9 Å². The predicted molar refractivity (Wildman–Crippen MR) is 105 cm³/mol. The molecule has 1 aromatic carbocycles. The molecule has 1 amide bonds. The number of unbranched alkanes of at least 4 members (excludes halogenated alkanes) is 1. The number of alkyl halides is 3. The van der Waals surface area contributed by atoms with Crippen LogP contribution in [0.5, 0.6) is 0 Å². The van der Waals surface area contributed by atoms with Gasteiger partial charge in [0.1, 0.15) is 5.56 Å². The van der Waals surface area contributed by atoms with E-state index in [-0.39, 0.29) is 16.9 Å². The fraction of sp³-hybridized carbons (Fsp3) is 0.381. The normalized spacial score (nSPS) is 12.0. The maximum absolute atomic E-state index is 13.7. The quantitative estimate of drug-likeness (QED) is 0.584. The molecule has 1 N–H and O–H groups in total. The summed E-state index contributed by atoms with van der Waals surface area (Å²) >= 11 is 0. The Kier molecular flexibility index (Phi) is 5.91. The maximum Gasteiger partial charge on any atom is 0.433 e. The standard InChI is InChI=1S/C21H23F3N4O/c1-4-5-10-25-20(29)16-12-26-28-18(21(22,23)24)11-17(27-19(16)28)15-8-6-14(7-9-15)13(2)3/h6-9,11-13H,4-5,10H2,1-3H3,(H,25,29). The van der Waals surface area contributed by atoms with Gasteiger partial charge in [-0.2, -0.15) is 18.3 Å². The predicted octanol–water partition coefficient (Wildman–Crippen LogP) is 5.07. The molecule has 0 radical (unpaired) electrons. The summed E-state index contributed by atoms with van der Waals surface area (Å²) < 4.78 is 41.6. The lowest BCUT2D eigenvalue weighted by Crippen LogP contribution is -2.24. The van der Waals surface area contributed by atoms with Gasteiger partial charge in [-0.25, -0.2) is 9.50 Å². The molecule has 0 aliphatic carbocycles. The molecule has 0 spiro atoms. The van der Waals surface area contributed by atoms with Crippen molar-refractivity contribution < 1.29 is 18.0 Å². The summed E-state index contributed by atoms with van der Waals surface area (Å²) in [5.74, 6) is -0.181. The van der Waals surface area contributed by atoms with E-state index in [1.165, 1.54) is 0 Å². The second kappa shape index (κ2) is 8.23. The molecule has 2 aromatic heterocycles. The van der Waals surface area contributed by atoms with Gasteiger partial charge in [-0.15, -0.1) is 0 Å². The number of amides is 1. The number of carbonyl (C=O) groups is 1. The molecule has 0 aliphatic rings. The van der Waals surface area contributed by atoms with Crippen LogP contribution in [-0.2, 0) is 6.18 Å². The second-order valence-electron chi connectivity index (χ2n) is 7.20. The number of aromatic nitrogens is 3. The van der Waals surface area contributed by atoms with Crippen LogP contribution < -0.4 is 5.32 Å². The first-order valence-corrected chi connectivity index (χ1v) is 9.57. The van der Waals surface area contributed by atoms with Crippen LogP contribution in [0.2, 0.25) is 0 Å². The largest absolute Gasteiger partial charge is 0.433 e. The first-order valence-electron chi connectivity index (χ1n) is 9.57. The number of benzene rings is 1. The van der Waals surface area contributed by atoms with Gasteiger partial charge in [0, 0.05) is 12.1 Å². The number of nitrogens with zero attached hydrogens (tertiary/aromatic N) is 3. The molecule has 154 valence electrons. The molecule has 0 fully saturated rings. The van der Waals surface area contributed by atoms with E-state index in [9.17, 15) is 18.0 Å². The molecule has 8 heteroatoms. The van der Waals surface area contributed by atoms with Crippen LogP contribution >= 0.6 is 0 Å². The van der Waals surface area contributed by atoms with Gasteiger partial charge in [0.15, 0.2) is 11.3 Å². The van der Waals surface area contributed by atoms with Gasteiger partial charge in [-0.05, 0) is 24.0 Å². The average molecular weight is 404 g/mol. The van der Waals surface area contributed by atoms with Crippen molar-refractivity contribution in [3.8, 4) is 11.3 Å². The number of nitrogens with one attached hydrogen (secondary N) is 1. The molecular formula is C21H23F3N4O. The molecule has 5 nitrogen and oxygen atoms in total. The van der Waals surface area contributed by atoms with Gasteiger partial charge in [-0.3, -0.25) is 4.79 Å². The lowest BCUT2D eigenvalue weighted by molar-refractivity contribution is -0.142. The molecule has 0 saturated heterocycles. The van der Waals surface area contributed by atoms with Crippen LogP contribution in [0.15, 0.2) is 36.5 Å². The minimum absolute atomic E-state index is 0.0206. The highest BCUT2D eigenvalue weighted by Crippen LogP contribution is 2.33. The lowest BCUT2D eigenvalue weighted by Gasteiger charge is -2.12. The van der Waals surface area contributed by atoms with Crippen molar-refractivity contribution in [1.29, 1.82) is 0 Å². The van der Waals surface area contributed by atoms with Crippen LogP contribution in [0, 0.1) is 0 Å². The number of hydrogen-bond acceptors (Lipinski definition) is 3. The van der Waals surface area contributed by atoms with Crippen molar-refractivity contribution in [3.63, 3.8) is 0 Å². The minimum Gasteiger partial charge on any atom is -0.352 e. The summed E-state index contributed by atoms with van der Waals surface area (Å²) in [6.45, 7) is 6.50. The first-order chi connectivity index (χ1) is 13.7. The van der Waals surface area contributed by atoms with Crippen LogP contribution in [0.3, 0.4) is 0 Å². The summed E-state index contributed by atoms with van der Waals surface area (Å²) in [5, 5.41) is 6.48. The van der Waals surface area contributed by atoms with E-state index in [1.54, 1.807) is 12.1 Å². The molecular weight excluding hydrogens is 381 g/mol. The first kappa shape index (κ1) is 20.8.